The number of benzene rings is 1. The highest BCUT2D eigenvalue weighted by Gasteiger charge is 2.03. The van der Waals surface area contributed by atoms with Crippen LogP contribution in [0.4, 0.5) is 0 Å². The number of rotatable bonds is 5. The fourth-order valence-electron chi connectivity index (χ4n) is 1.72. The minimum absolute atomic E-state index is 0.00847. The van der Waals surface area contributed by atoms with Gasteiger partial charge >= 0.3 is 0 Å². The molecule has 2 heteroatoms. The second-order valence-electron chi connectivity index (χ2n) is 4.86. The van der Waals surface area contributed by atoms with E-state index in [4.69, 9.17) is 0 Å². The van der Waals surface area contributed by atoms with E-state index in [0.717, 1.165) is 18.4 Å². The molecule has 0 bridgehead atoms. The fraction of sp³-hybridized carbons (Fsp3) is 0.375. The molecule has 2 N–H and O–H groups in total. The highest BCUT2D eigenvalue weighted by molar-refractivity contribution is 5.45. The van der Waals surface area contributed by atoms with Crippen LogP contribution in [0.3, 0.4) is 0 Å². The average molecular weight is 246 g/mol. The van der Waals surface area contributed by atoms with E-state index in [1.165, 1.54) is 17.2 Å². The van der Waals surface area contributed by atoms with Crippen LogP contribution in [0.1, 0.15) is 39.2 Å². The number of hydrogen-bond acceptors (Lipinski definition) is 2. The fourth-order valence-corrected chi connectivity index (χ4v) is 1.72. The normalized spacial score (nSPS) is 11.4. The zero-order valence-electron chi connectivity index (χ0n) is 11.4. The Morgan fingerprint density at radius 2 is 1.83 bits per heavy atom. The molecule has 0 aliphatic rings. The first kappa shape index (κ1) is 14.4. The summed E-state index contributed by atoms with van der Waals surface area (Å²) in [5.41, 5.74) is 3.40. The van der Waals surface area contributed by atoms with Gasteiger partial charge in [-0.2, -0.15) is 0 Å². The van der Waals surface area contributed by atoms with Crippen LogP contribution < -0.4 is 0 Å². The molecule has 0 aromatic heterocycles. The first-order chi connectivity index (χ1) is 8.50. The number of phenolic OH excluding ortho intramolecular Hbond substituents is 2. The maximum atomic E-state index is 9.67. The summed E-state index contributed by atoms with van der Waals surface area (Å²) in [6.07, 6.45) is 7.07. The number of para-hydroxylation sites is 1. The van der Waals surface area contributed by atoms with Gasteiger partial charge in [-0.1, -0.05) is 35.4 Å². The lowest BCUT2D eigenvalue weighted by Crippen LogP contribution is -1.85. The van der Waals surface area contributed by atoms with Gasteiger partial charge in [0.05, 0.1) is 0 Å². The largest absolute Gasteiger partial charge is 0.504 e. The summed E-state index contributed by atoms with van der Waals surface area (Å²) in [5, 5.41) is 19.1. The Morgan fingerprint density at radius 3 is 2.50 bits per heavy atom. The molecule has 0 radical (unpaired) electrons. The number of aromatic hydroxyl groups is 2. The van der Waals surface area contributed by atoms with Crippen molar-refractivity contribution in [2.75, 3.05) is 0 Å². The molecule has 0 aliphatic carbocycles. The molecule has 1 aromatic carbocycles. The monoisotopic (exact) mass is 246 g/mol. The lowest BCUT2D eigenvalue weighted by molar-refractivity contribution is 0.400. The first-order valence-corrected chi connectivity index (χ1v) is 6.29. The van der Waals surface area contributed by atoms with Crippen molar-refractivity contribution in [1.29, 1.82) is 0 Å². The van der Waals surface area contributed by atoms with Crippen LogP contribution in [-0.4, -0.2) is 10.2 Å². The third kappa shape index (κ3) is 4.66. The van der Waals surface area contributed by atoms with Crippen molar-refractivity contribution in [3.8, 4) is 11.5 Å². The van der Waals surface area contributed by atoms with Gasteiger partial charge in [0.2, 0.25) is 0 Å². The summed E-state index contributed by atoms with van der Waals surface area (Å²) in [7, 11) is 0. The Balaban J connectivity index is 2.57. The van der Waals surface area contributed by atoms with Crippen molar-refractivity contribution >= 4 is 0 Å². The standard InChI is InChI=1S/C16H22O2/c1-12(2)6-4-7-13(3)10-11-14-8-5-9-15(17)16(14)18/h5-6,8-10,17-18H,4,7,11H2,1-3H3/b13-10+. The first-order valence-electron chi connectivity index (χ1n) is 6.29. The molecule has 1 rings (SSSR count). The third-order valence-electron chi connectivity index (χ3n) is 2.86. The highest BCUT2D eigenvalue weighted by atomic mass is 16.3. The Kier molecular flexibility index (Phi) is 5.50. The molecule has 0 saturated heterocycles. The van der Waals surface area contributed by atoms with Crippen molar-refractivity contribution < 1.29 is 10.2 Å². The van der Waals surface area contributed by atoms with Crippen LogP contribution in [0.5, 0.6) is 11.5 Å². The summed E-state index contributed by atoms with van der Waals surface area (Å²) in [4.78, 5) is 0. The molecule has 0 fully saturated rings. The van der Waals surface area contributed by atoms with Gasteiger partial charge in [0.1, 0.15) is 0 Å². The molecule has 18 heavy (non-hydrogen) atoms. The Morgan fingerprint density at radius 1 is 1.11 bits per heavy atom. The molecule has 1 aromatic rings. The summed E-state index contributed by atoms with van der Waals surface area (Å²) in [6.45, 7) is 6.30. The van der Waals surface area contributed by atoms with E-state index in [1.54, 1.807) is 6.07 Å². The molecule has 0 saturated carbocycles. The SMILES string of the molecule is CC(C)=CCC/C(C)=C/Cc1cccc(O)c1O. The van der Waals surface area contributed by atoms with Crippen molar-refractivity contribution in [2.24, 2.45) is 0 Å². The van der Waals surface area contributed by atoms with Crippen LogP contribution in [-0.2, 0) is 6.42 Å². The van der Waals surface area contributed by atoms with Crippen molar-refractivity contribution in [1.82, 2.24) is 0 Å². The zero-order valence-corrected chi connectivity index (χ0v) is 11.4. The van der Waals surface area contributed by atoms with Crippen LogP contribution in [0, 0.1) is 0 Å². The van der Waals surface area contributed by atoms with Gasteiger partial charge in [-0.3, -0.25) is 0 Å². The lowest BCUT2D eigenvalue weighted by atomic mass is 10.1. The topological polar surface area (TPSA) is 40.5 Å². The molecule has 2 nitrogen and oxygen atoms in total. The summed E-state index contributed by atoms with van der Waals surface area (Å²) < 4.78 is 0. The quantitative estimate of drug-likeness (QED) is 0.599. The van der Waals surface area contributed by atoms with Gasteiger partial charge < -0.3 is 10.2 Å². The van der Waals surface area contributed by atoms with Crippen LogP contribution in [0.15, 0.2) is 41.5 Å². The van der Waals surface area contributed by atoms with E-state index in [-0.39, 0.29) is 11.5 Å². The van der Waals surface area contributed by atoms with Gasteiger partial charge in [-0.15, -0.1) is 0 Å². The summed E-state index contributed by atoms with van der Waals surface area (Å²) >= 11 is 0. The minimum Gasteiger partial charge on any atom is -0.504 e. The predicted octanol–water partition coefficient (Wildman–Crippen LogP) is 4.33. The van der Waals surface area contributed by atoms with Crippen molar-refractivity contribution in [3.63, 3.8) is 0 Å². The van der Waals surface area contributed by atoms with Gasteiger partial charge in [0, 0.05) is 5.56 Å². The molecule has 0 aliphatic heterocycles. The maximum Gasteiger partial charge on any atom is 0.160 e. The van der Waals surface area contributed by atoms with Gasteiger partial charge in [-0.25, -0.2) is 0 Å². The van der Waals surface area contributed by atoms with Crippen molar-refractivity contribution in [2.45, 2.75) is 40.0 Å². The van der Waals surface area contributed by atoms with Gasteiger partial charge in [0.15, 0.2) is 11.5 Å². The molecule has 98 valence electrons. The molecule has 0 heterocycles. The second-order valence-corrected chi connectivity index (χ2v) is 4.86. The summed E-state index contributed by atoms with van der Waals surface area (Å²) in [5.74, 6) is -0.0612. The number of allylic oxidation sites excluding steroid dienone is 4. The maximum absolute atomic E-state index is 9.67. The third-order valence-corrected chi connectivity index (χ3v) is 2.86. The molecule has 0 unspecified atom stereocenters. The van der Waals surface area contributed by atoms with E-state index >= 15 is 0 Å². The molecular weight excluding hydrogens is 224 g/mol. The van der Waals surface area contributed by atoms with Crippen LogP contribution in [0.25, 0.3) is 0 Å². The minimum atomic E-state index is -0.0527. The van der Waals surface area contributed by atoms with Crippen LogP contribution >= 0.6 is 0 Å². The molecule has 0 atom stereocenters. The number of phenols is 2. The van der Waals surface area contributed by atoms with E-state index in [2.05, 4.69) is 32.9 Å². The Labute approximate surface area is 109 Å². The predicted molar refractivity (Wildman–Crippen MR) is 75.9 cm³/mol. The second kappa shape index (κ2) is 6.90. The molecular formula is C16H22O2. The van der Waals surface area contributed by atoms with Crippen molar-refractivity contribution in [3.05, 3.63) is 47.1 Å². The van der Waals surface area contributed by atoms with E-state index in [9.17, 15) is 10.2 Å². The van der Waals surface area contributed by atoms with Gasteiger partial charge in [0.25, 0.3) is 0 Å². The van der Waals surface area contributed by atoms with E-state index in [1.807, 2.05) is 6.07 Å². The van der Waals surface area contributed by atoms with E-state index in [0.29, 0.717) is 6.42 Å². The van der Waals surface area contributed by atoms with E-state index < -0.39 is 0 Å². The smallest absolute Gasteiger partial charge is 0.160 e. The molecule has 0 amide bonds. The Bertz CT molecular complexity index is 452. The zero-order chi connectivity index (χ0) is 13.5. The van der Waals surface area contributed by atoms with Crippen LogP contribution in [0.2, 0.25) is 0 Å². The van der Waals surface area contributed by atoms with Gasteiger partial charge in [-0.05, 0) is 46.1 Å². The lowest BCUT2D eigenvalue weighted by Gasteiger charge is -2.04. The summed E-state index contributed by atoms with van der Waals surface area (Å²) in [6, 6.07) is 5.07. The Hall–Kier alpha value is -1.70. The number of hydrogen-bond donors (Lipinski definition) is 2. The highest BCUT2D eigenvalue weighted by Crippen LogP contribution is 2.28. The average Bonchev–Trinajstić information content (AvgIpc) is 2.30. The molecule has 0 spiro atoms.